The minimum absolute atomic E-state index is 0.0186. The number of carboxylic acid groups (broad SMARTS) is 1. The molecule has 0 unspecified atom stereocenters. The molecular weight excluding hydrogens is 309 g/mol. The van der Waals surface area contributed by atoms with Gasteiger partial charge in [0.1, 0.15) is 11.9 Å². The summed E-state index contributed by atoms with van der Waals surface area (Å²) in [5, 5.41) is 8.93. The second kappa shape index (κ2) is 6.51. The van der Waals surface area contributed by atoms with Gasteiger partial charge in [-0.2, -0.15) is 4.72 Å². The SMILES string of the molecule is CC(C)C[C@@H](NS(=O)(=O)c1cc(F)cc(Cl)c1)C(=O)O. The molecule has 1 atom stereocenters. The highest BCUT2D eigenvalue weighted by Gasteiger charge is 2.26. The van der Waals surface area contributed by atoms with E-state index >= 15 is 0 Å². The van der Waals surface area contributed by atoms with Crippen molar-refractivity contribution >= 4 is 27.6 Å². The first-order chi connectivity index (χ1) is 9.11. The minimum Gasteiger partial charge on any atom is -0.480 e. The number of carbonyl (C=O) groups is 1. The second-order valence-corrected chi connectivity index (χ2v) is 6.90. The Morgan fingerprint density at radius 1 is 1.40 bits per heavy atom. The predicted molar refractivity (Wildman–Crippen MR) is 72.6 cm³/mol. The van der Waals surface area contributed by atoms with Crippen molar-refractivity contribution in [3.63, 3.8) is 0 Å². The molecule has 1 rings (SSSR count). The number of sulfonamides is 1. The van der Waals surface area contributed by atoms with Crippen molar-refractivity contribution in [2.24, 2.45) is 5.92 Å². The molecule has 2 N–H and O–H groups in total. The maximum Gasteiger partial charge on any atom is 0.321 e. The molecule has 0 bridgehead atoms. The third-order valence-corrected chi connectivity index (χ3v) is 4.12. The van der Waals surface area contributed by atoms with Crippen molar-refractivity contribution in [2.45, 2.75) is 31.2 Å². The van der Waals surface area contributed by atoms with Crippen LogP contribution in [0.2, 0.25) is 5.02 Å². The van der Waals surface area contributed by atoms with Crippen molar-refractivity contribution < 1.29 is 22.7 Å². The first kappa shape index (κ1) is 16.9. The largest absolute Gasteiger partial charge is 0.480 e. The second-order valence-electron chi connectivity index (χ2n) is 4.75. The van der Waals surface area contributed by atoms with Crippen molar-refractivity contribution in [3.8, 4) is 0 Å². The van der Waals surface area contributed by atoms with Crippen LogP contribution in [0.1, 0.15) is 20.3 Å². The lowest BCUT2D eigenvalue weighted by atomic mass is 10.1. The average Bonchev–Trinajstić information content (AvgIpc) is 2.25. The minimum atomic E-state index is -4.15. The normalized spacial score (nSPS) is 13.4. The van der Waals surface area contributed by atoms with E-state index in [-0.39, 0.29) is 17.4 Å². The number of carboxylic acids is 1. The van der Waals surface area contributed by atoms with Gasteiger partial charge in [0, 0.05) is 5.02 Å². The molecule has 0 aromatic heterocycles. The summed E-state index contributed by atoms with van der Waals surface area (Å²) >= 11 is 5.59. The van der Waals surface area contributed by atoms with Crippen LogP contribution in [0.4, 0.5) is 4.39 Å². The summed E-state index contributed by atoms with van der Waals surface area (Å²) in [7, 11) is -4.15. The standard InChI is InChI=1S/C12H15ClFNO4S/c1-7(2)3-11(12(16)17)15-20(18,19)10-5-8(13)4-9(14)6-10/h4-7,11,15H,3H2,1-2H3,(H,16,17)/t11-/m1/s1. The van der Waals surface area contributed by atoms with Crippen LogP contribution in [0.3, 0.4) is 0 Å². The van der Waals surface area contributed by atoms with Crippen LogP contribution in [-0.4, -0.2) is 25.5 Å². The molecule has 0 heterocycles. The van der Waals surface area contributed by atoms with E-state index in [9.17, 15) is 17.6 Å². The lowest BCUT2D eigenvalue weighted by molar-refractivity contribution is -0.139. The van der Waals surface area contributed by atoms with Crippen molar-refractivity contribution in [1.29, 1.82) is 0 Å². The van der Waals surface area contributed by atoms with E-state index in [2.05, 4.69) is 0 Å². The van der Waals surface area contributed by atoms with Gasteiger partial charge >= 0.3 is 5.97 Å². The highest BCUT2D eigenvalue weighted by atomic mass is 35.5. The molecule has 1 aromatic rings. The smallest absolute Gasteiger partial charge is 0.321 e. The zero-order valence-corrected chi connectivity index (χ0v) is 12.5. The van der Waals surface area contributed by atoms with Gasteiger partial charge < -0.3 is 5.11 Å². The summed E-state index contributed by atoms with van der Waals surface area (Å²) in [5.74, 6) is -2.12. The molecule has 20 heavy (non-hydrogen) atoms. The maximum atomic E-state index is 13.2. The number of aliphatic carboxylic acids is 1. The summed E-state index contributed by atoms with van der Waals surface area (Å²) in [6.07, 6.45) is 0.123. The number of benzene rings is 1. The van der Waals surface area contributed by atoms with Gasteiger partial charge in [-0.1, -0.05) is 25.4 Å². The Bertz CT molecular complexity index is 583. The van der Waals surface area contributed by atoms with E-state index in [1.54, 1.807) is 13.8 Å². The van der Waals surface area contributed by atoms with Gasteiger partial charge in [-0.3, -0.25) is 4.79 Å². The summed E-state index contributed by atoms with van der Waals surface area (Å²) in [6.45, 7) is 3.53. The molecule has 0 spiro atoms. The van der Waals surface area contributed by atoms with Crippen molar-refractivity contribution in [3.05, 3.63) is 29.0 Å². The summed E-state index contributed by atoms with van der Waals surface area (Å²) in [5.41, 5.74) is 0. The van der Waals surface area contributed by atoms with E-state index < -0.39 is 32.7 Å². The molecule has 0 amide bonds. The topological polar surface area (TPSA) is 83.5 Å². The third kappa shape index (κ3) is 4.73. The Kier molecular flexibility index (Phi) is 5.50. The number of hydrogen-bond donors (Lipinski definition) is 2. The van der Waals surface area contributed by atoms with Crippen LogP contribution in [0.15, 0.2) is 23.1 Å². The van der Waals surface area contributed by atoms with E-state index in [1.165, 1.54) is 0 Å². The molecule has 0 aliphatic heterocycles. The molecule has 0 saturated heterocycles. The first-order valence-corrected chi connectivity index (χ1v) is 7.69. The highest BCUT2D eigenvalue weighted by molar-refractivity contribution is 7.89. The Labute approximate surface area is 121 Å². The Hall–Kier alpha value is -1.18. The van der Waals surface area contributed by atoms with Crippen LogP contribution in [0.5, 0.6) is 0 Å². The Balaban J connectivity index is 3.06. The Morgan fingerprint density at radius 3 is 2.45 bits per heavy atom. The zero-order chi connectivity index (χ0) is 15.5. The molecule has 0 aliphatic rings. The van der Waals surface area contributed by atoms with Gasteiger partial charge in [0.05, 0.1) is 4.90 Å². The fourth-order valence-electron chi connectivity index (χ4n) is 1.61. The van der Waals surface area contributed by atoms with E-state index in [0.29, 0.717) is 0 Å². The first-order valence-electron chi connectivity index (χ1n) is 5.83. The van der Waals surface area contributed by atoms with E-state index in [4.69, 9.17) is 16.7 Å². The van der Waals surface area contributed by atoms with Crippen LogP contribution in [0.25, 0.3) is 0 Å². The number of rotatable bonds is 6. The van der Waals surface area contributed by atoms with Crippen molar-refractivity contribution in [1.82, 2.24) is 4.72 Å². The lowest BCUT2D eigenvalue weighted by Gasteiger charge is -2.16. The molecule has 0 saturated carbocycles. The summed E-state index contributed by atoms with van der Waals surface area (Å²) < 4.78 is 39.3. The van der Waals surface area contributed by atoms with Gasteiger partial charge in [0.2, 0.25) is 10.0 Å². The molecule has 5 nitrogen and oxygen atoms in total. The maximum absolute atomic E-state index is 13.2. The van der Waals surface area contributed by atoms with Crippen LogP contribution < -0.4 is 4.72 Å². The van der Waals surface area contributed by atoms with Gasteiger partial charge in [0.25, 0.3) is 0 Å². The van der Waals surface area contributed by atoms with Crippen molar-refractivity contribution in [2.75, 3.05) is 0 Å². The fraction of sp³-hybridized carbons (Fsp3) is 0.417. The molecule has 8 heteroatoms. The summed E-state index contributed by atoms with van der Waals surface area (Å²) in [6, 6.07) is 1.52. The number of nitrogens with one attached hydrogen (secondary N) is 1. The number of halogens is 2. The highest BCUT2D eigenvalue weighted by Crippen LogP contribution is 2.19. The quantitative estimate of drug-likeness (QED) is 0.841. The molecule has 1 aromatic carbocycles. The number of hydrogen-bond acceptors (Lipinski definition) is 3. The van der Waals surface area contributed by atoms with Gasteiger partial charge in [-0.15, -0.1) is 0 Å². The monoisotopic (exact) mass is 323 g/mol. The molecular formula is C12H15ClFNO4S. The lowest BCUT2D eigenvalue weighted by Crippen LogP contribution is -2.41. The molecule has 112 valence electrons. The molecule has 0 radical (unpaired) electrons. The van der Waals surface area contributed by atoms with Crippen LogP contribution >= 0.6 is 11.6 Å². The average molecular weight is 324 g/mol. The zero-order valence-electron chi connectivity index (χ0n) is 10.9. The summed E-state index contributed by atoms with van der Waals surface area (Å²) in [4.78, 5) is 10.6. The van der Waals surface area contributed by atoms with Gasteiger partial charge in [-0.05, 0) is 30.5 Å². The predicted octanol–water partition coefficient (Wildman–Crippen LogP) is 2.26. The molecule has 0 fully saturated rings. The Morgan fingerprint density at radius 2 is 2.00 bits per heavy atom. The molecule has 0 aliphatic carbocycles. The third-order valence-electron chi connectivity index (χ3n) is 2.45. The van der Waals surface area contributed by atoms with E-state index in [1.807, 2.05) is 4.72 Å². The fourth-order valence-corrected chi connectivity index (χ4v) is 3.15. The van der Waals surface area contributed by atoms with Crippen LogP contribution in [-0.2, 0) is 14.8 Å². The van der Waals surface area contributed by atoms with Crippen LogP contribution in [0, 0.1) is 11.7 Å². The van der Waals surface area contributed by atoms with E-state index in [0.717, 1.165) is 18.2 Å². The van der Waals surface area contributed by atoms with Gasteiger partial charge in [0.15, 0.2) is 0 Å². The van der Waals surface area contributed by atoms with Gasteiger partial charge in [-0.25, -0.2) is 12.8 Å².